The fourth-order valence-electron chi connectivity index (χ4n) is 3.58. The normalized spacial score (nSPS) is 13.9. The third-order valence-electron chi connectivity index (χ3n) is 5.44. The number of hydrogen-bond donors (Lipinski definition) is 0. The zero-order chi connectivity index (χ0) is 22.5. The average molecular weight is 470 g/mol. The van der Waals surface area contributed by atoms with Crippen molar-refractivity contribution in [2.24, 2.45) is 0 Å². The number of halogens is 1. The first-order valence-corrected chi connectivity index (χ1v) is 12.3. The molecule has 0 saturated carbocycles. The van der Waals surface area contributed by atoms with Crippen LogP contribution >= 0.6 is 23.1 Å². The maximum absolute atomic E-state index is 13.8. The van der Waals surface area contributed by atoms with Gasteiger partial charge in [-0.2, -0.15) is 0 Å². The summed E-state index contributed by atoms with van der Waals surface area (Å²) in [7, 11) is 0. The molecule has 1 fully saturated rings. The topological polar surface area (TPSA) is 53.5 Å². The first-order chi connectivity index (χ1) is 15.5. The van der Waals surface area contributed by atoms with Gasteiger partial charge in [-0.05, 0) is 42.8 Å². The van der Waals surface area contributed by atoms with Gasteiger partial charge < -0.3 is 9.80 Å². The summed E-state index contributed by atoms with van der Waals surface area (Å²) in [6.07, 6.45) is 0.282. The molecular formula is C24H24FN3O2S2. The maximum Gasteiger partial charge on any atom is 0.228 e. The highest BCUT2D eigenvalue weighted by Gasteiger charge is 2.22. The van der Waals surface area contributed by atoms with Gasteiger partial charge in [-0.3, -0.25) is 9.59 Å². The molecule has 1 aliphatic heterocycles. The molecule has 1 aromatic heterocycles. The quantitative estimate of drug-likeness (QED) is 0.372. The minimum absolute atomic E-state index is 0.0581. The van der Waals surface area contributed by atoms with Gasteiger partial charge in [-0.1, -0.05) is 30.0 Å². The molecule has 3 aromatic rings. The Morgan fingerprint density at radius 2 is 1.78 bits per heavy atom. The van der Waals surface area contributed by atoms with E-state index < -0.39 is 0 Å². The van der Waals surface area contributed by atoms with E-state index in [2.05, 4.69) is 9.88 Å². The van der Waals surface area contributed by atoms with Crippen molar-refractivity contribution in [2.45, 2.75) is 23.4 Å². The van der Waals surface area contributed by atoms with E-state index in [9.17, 15) is 14.0 Å². The van der Waals surface area contributed by atoms with Crippen LogP contribution in [0.5, 0.6) is 0 Å². The van der Waals surface area contributed by atoms with E-state index in [1.807, 2.05) is 40.6 Å². The number of thiazole rings is 1. The second-order valence-corrected chi connectivity index (χ2v) is 9.71. The smallest absolute Gasteiger partial charge is 0.228 e. The van der Waals surface area contributed by atoms with Crippen LogP contribution in [-0.2, 0) is 17.0 Å². The Kier molecular flexibility index (Phi) is 7.22. The lowest BCUT2D eigenvalue weighted by Crippen LogP contribution is -2.49. The van der Waals surface area contributed by atoms with Gasteiger partial charge in [0.25, 0.3) is 0 Å². The van der Waals surface area contributed by atoms with Gasteiger partial charge in [-0.15, -0.1) is 11.3 Å². The van der Waals surface area contributed by atoms with Crippen LogP contribution in [0.15, 0.2) is 58.3 Å². The number of anilines is 1. The predicted molar refractivity (Wildman–Crippen MR) is 127 cm³/mol. The monoisotopic (exact) mass is 469 g/mol. The zero-order valence-electron chi connectivity index (χ0n) is 17.8. The van der Waals surface area contributed by atoms with Crippen molar-refractivity contribution < 1.29 is 14.0 Å². The number of piperazine rings is 1. The number of benzene rings is 2. The lowest BCUT2D eigenvalue weighted by molar-refractivity contribution is -0.130. The second kappa shape index (κ2) is 10.3. The molecule has 2 aromatic carbocycles. The van der Waals surface area contributed by atoms with Crippen molar-refractivity contribution in [1.82, 2.24) is 9.88 Å². The molecule has 2 heterocycles. The number of Topliss-reactive ketones (excluding diaryl/α,β-unsaturated/α-hetero) is 1. The highest BCUT2D eigenvalue weighted by Crippen LogP contribution is 2.27. The molecule has 5 nitrogen and oxygen atoms in total. The van der Waals surface area contributed by atoms with Crippen molar-refractivity contribution in [3.8, 4) is 0 Å². The summed E-state index contributed by atoms with van der Waals surface area (Å²) in [6.45, 7) is 4.39. The Hall–Kier alpha value is -2.71. The van der Waals surface area contributed by atoms with Crippen LogP contribution in [0.25, 0.3) is 0 Å². The predicted octanol–water partition coefficient (Wildman–Crippen LogP) is 4.67. The fraction of sp³-hybridized carbons (Fsp3) is 0.292. The Labute approximate surface area is 195 Å². The fourth-order valence-corrected chi connectivity index (χ4v) is 5.41. The molecule has 0 N–H and O–H groups in total. The van der Waals surface area contributed by atoms with Gasteiger partial charge in [-0.25, -0.2) is 9.37 Å². The Bertz CT molecular complexity index is 1090. The number of amides is 1. The molecular weight excluding hydrogens is 445 g/mol. The van der Waals surface area contributed by atoms with Gasteiger partial charge >= 0.3 is 0 Å². The van der Waals surface area contributed by atoms with E-state index in [-0.39, 0.29) is 23.9 Å². The largest absolute Gasteiger partial charge is 0.368 e. The molecule has 8 heteroatoms. The third-order valence-corrected chi connectivity index (χ3v) is 7.56. The zero-order valence-corrected chi connectivity index (χ0v) is 19.4. The molecule has 0 aliphatic carbocycles. The van der Waals surface area contributed by atoms with E-state index in [0.29, 0.717) is 30.0 Å². The maximum atomic E-state index is 13.8. The number of carbonyl (C=O) groups is 2. The van der Waals surface area contributed by atoms with E-state index >= 15 is 0 Å². The number of hydrogen-bond acceptors (Lipinski definition) is 6. The number of thioether (sulfide) groups is 1. The van der Waals surface area contributed by atoms with Crippen molar-refractivity contribution >= 4 is 40.5 Å². The van der Waals surface area contributed by atoms with Crippen LogP contribution < -0.4 is 4.90 Å². The molecule has 1 aliphatic rings. The minimum Gasteiger partial charge on any atom is -0.368 e. The summed E-state index contributed by atoms with van der Waals surface area (Å²) < 4.78 is 14.6. The molecule has 166 valence electrons. The Morgan fingerprint density at radius 3 is 2.47 bits per heavy atom. The summed E-state index contributed by atoms with van der Waals surface area (Å²) in [5, 5.41) is 1.91. The Morgan fingerprint density at radius 1 is 1.06 bits per heavy atom. The molecule has 32 heavy (non-hydrogen) atoms. The summed E-state index contributed by atoms with van der Waals surface area (Å²) in [5.74, 6) is 0.444. The van der Waals surface area contributed by atoms with Gasteiger partial charge in [0, 0.05) is 48.6 Å². The van der Waals surface area contributed by atoms with Crippen molar-refractivity contribution in [2.75, 3.05) is 31.1 Å². The highest BCUT2D eigenvalue weighted by molar-refractivity contribution is 8.00. The van der Waals surface area contributed by atoms with Crippen molar-refractivity contribution in [3.63, 3.8) is 0 Å². The van der Waals surface area contributed by atoms with E-state index in [0.717, 1.165) is 28.8 Å². The summed E-state index contributed by atoms with van der Waals surface area (Å²) in [6, 6.07) is 14.4. The molecule has 0 bridgehead atoms. The van der Waals surface area contributed by atoms with Crippen LogP contribution in [0.1, 0.15) is 28.5 Å². The minimum atomic E-state index is -0.208. The number of rotatable bonds is 7. The average Bonchev–Trinajstić information content (AvgIpc) is 3.26. The lowest BCUT2D eigenvalue weighted by Gasteiger charge is -2.36. The number of nitrogens with zero attached hydrogens (tertiary/aromatic N) is 3. The molecule has 1 saturated heterocycles. The third kappa shape index (κ3) is 5.55. The molecule has 1 amide bonds. The van der Waals surface area contributed by atoms with Gasteiger partial charge in [0.1, 0.15) is 10.2 Å². The molecule has 4 rings (SSSR count). The van der Waals surface area contributed by atoms with E-state index in [1.54, 1.807) is 19.1 Å². The van der Waals surface area contributed by atoms with Gasteiger partial charge in [0.2, 0.25) is 5.91 Å². The number of aromatic nitrogens is 1. The van der Waals surface area contributed by atoms with Gasteiger partial charge in [0.15, 0.2) is 5.78 Å². The summed E-state index contributed by atoms with van der Waals surface area (Å²) in [5.41, 5.74) is 3.19. The molecule has 0 atom stereocenters. The first-order valence-electron chi connectivity index (χ1n) is 10.4. The highest BCUT2D eigenvalue weighted by atomic mass is 32.2. The summed E-state index contributed by atoms with van der Waals surface area (Å²) >= 11 is 2.98. The Balaban J connectivity index is 1.26. The number of carbonyl (C=O) groups excluding carboxylic acids is 2. The number of ketones is 1. The molecule has 0 radical (unpaired) electrons. The standard InChI is InChI=1S/C24H24FN3O2S2/c1-17(29)18-6-8-21(9-7-18)27-10-12-28(13-11-27)23(30)14-20-16-32-24(26-20)31-15-19-4-2-3-5-22(19)25/h2-9,16H,10-15H2,1H3. The summed E-state index contributed by atoms with van der Waals surface area (Å²) in [4.78, 5) is 32.8. The van der Waals surface area contributed by atoms with Crippen molar-refractivity contribution in [3.05, 3.63) is 76.5 Å². The molecule has 0 spiro atoms. The van der Waals surface area contributed by atoms with Gasteiger partial charge in [0.05, 0.1) is 12.1 Å². The van der Waals surface area contributed by atoms with Crippen LogP contribution in [0.4, 0.5) is 10.1 Å². The SMILES string of the molecule is CC(=O)c1ccc(N2CCN(C(=O)Cc3csc(SCc4ccccc4F)n3)CC2)cc1. The van der Waals surface area contributed by atoms with Crippen LogP contribution in [0, 0.1) is 5.82 Å². The van der Waals surface area contributed by atoms with Crippen molar-refractivity contribution in [1.29, 1.82) is 0 Å². The first kappa shape index (κ1) is 22.5. The van der Waals surface area contributed by atoms with Crippen LogP contribution in [0.2, 0.25) is 0 Å². The van der Waals surface area contributed by atoms with E-state index in [4.69, 9.17) is 0 Å². The van der Waals surface area contributed by atoms with Crippen LogP contribution in [0.3, 0.4) is 0 Å². The van der Waals surface area contributed by atoms with E-state index in [1.165, 1.54) is 29.2 Å². The molecule has 0 unspecified atom stereocenters. The second-order valence-electron chi connectivity index (χ2n) is 7.63. The lowest BCUT2D eigenvalue weighted by atomic mass is 10.1. The van der Waals surface area contributed by atoms with Crippen LogP contribution in [-0.4, -0.2) is 47.8 Å².